The van der Waals surface area contributed by atoms with Crippen LogP contribution in [0.25, 0.3) is 6.08 Å². The summed E-state index contributed by atoms with van der Waals surface area (Å²) in [7, 11) is 1.95. The summed E-state index contributed by atoms with van der Waals surface area (Å²) < 4.78 is 0. The second-order valence-electron chi connectivity index (χ2n) is 3.17. The van der Waals surface area contributed by atoms with Gasteiger partial charge < -0.3 is 5.32 Å². The molecule has 2 heteroatoms. The fraction of sp³-hybridized carbons (Fsp3) is 0.364. The van der Waals surface area contributed by atoms with Gasteiger partial charge in [0.25, 0.3) is 0 Å². The van der Waals surface area contributed by atoms with E-state index in [9.17, 15) is 0 Å². The number of aromatic nitrogens is 1. The molecule has 0 saturated carbocycles. The Morgan fingerprint density at radius 1 is 1.54 bits per heavy atom. The Labute approximate surface area is 79.7 Å². The fourth-order valence-corrected chi connectivity index (χ4v) is 0.995. The van der Waals surface area contributed by atoms with Crippen LogP contribution in [0.4, 0.5) is 0 Å². The predicted molar refractivity (Wildman–Crippen MR) is 56.5 cm³/mol. The van der Waals surface area contributed by atoms with E-state index in [-0.39, 0.29) is 0 Å². The summed E-state index contributed by atoms with van der Waals surface area (Å²) in [5.41, 5.74) is 2.44. The molecule has 0 radical (unpaired) electrons. The topological polar surface area (TPSA) is 24.9 Å². The lowest BCUT2D eigenvalue weighted by Crippen LogP contribution is -2.17. The monoisotopic (exact) mass is 176 g/mol. The summed E-state index contributed by atoms with van der Waals surface area (Å²) in [6, 6.07) is 2.42. The number of nitrogens with one attached hydrogen (secondary N) is 1. The highest BCUT2D eigenvalue weighted by Gasteiger charge is 1.93. The van der Waals surface area contributed by atoms with Crippen LogP contribution in [0.1, 0.15) is 18.1 Å². The minimum Gasteiger partial charge on any atom is -0.314 e. The van der Waals surface area contributed by atoms with Crippen molar-refractivity contribution in [2.24, 2.45) is 0 Å². The number of pyridine rings is 1. The number of hydrogen-bond donors (Lipinski definition) is 1. The van der Waals surface area contributed by atoms with Crippen molar-refractivity contribution >= 4 is 6.08 Å². The molecule has 1 N–H and O–H groups in total. The minimum atomic E-state index is 0.402. The molecule has 0 aliphatic heterocycles. The van der Waals surface area contributed by atoms with Crippen molar-refractivity contribution in [3.05, 3.63) is 35.7 Å². The molecule has 0 aliphatic carbocycles. The molecule has 0 aliphatic rings. The van der Waals surface area contributed by atoms with Crippen molar-refractivity contribution in [3.63, 3.8) is 0 Å². The van der Waals surface area contributed by atoms with Crippen LogP contribution in [0, 0.1) is 6.92 Å². The first-order valence-electron chi connectivity index (χ1n) is 4.50. The fourth-order valence-electron chi connectivity index (χ4n) is 0.995. The molecular weight excluding hydrogens is 160 g/mol. The van der Waals surface area contributed by atoms with Gasteiger partial charge in [0.15, 0.2) is 0 Å². The van der Waals surface area contributed by atoms with Gasteiger partial charge in [0.05, 0.1) is 0 Å². The van der Waals surface area contributed by atoms with Crippen LogP contribution < -0.4 is 5.32 Å². The summed E-state index contributed by atoms with van der Waals surface area (Å²) in [6.45, 7) is 4.20. The average molecular weight is 176 g/mol. The molecule has 1 heterocycles. The van der Waals surface area contributed by atoms with Crippen molar-refractivity contribution in [2.75, 3.05) is 7.05 Å². The van der Waals surface area contributed by atoms with E-state index in [4.69, 9.17) is 0 Å². The van der Waals surface area contributed by atoms with Crippen LogP contribution in [0.5, 0.6) is 0 Å². The molecule has 0 spiro atoms. The van der Waals surface area contributed by atoms with Crippen LogP contribution in [-0.2, 0) is 0 Å². The molecule has 0 amide bonds. The third kappa shape index (κ3) is 2.99. The maximum atomic E-state index is 4.08. The SMILES string of the molecule is CNC(C)/C=C/c1cnccc1C. The number of hydrogen-bond acceptors (Lipinski definition) is 2. The molecule has 1 unspecified atom stereocenters. The Bertz CT molecular complexity index is 292. The molecule has 0 bridgehead atoms. The largest absolute Gasteiger partial charge is 0.314 e. The Balaban J connectivity index is 2.74. The van der Waals surface area contributed by atoms with E-state index in [0.717, 1.165) is 0 Å². The van der Waals surface area contributed by atoms with E-state index in [0.29, 0.717) is 6.04 Å². The zero-order valence-corrected chi connectivity index (χ0v) is 8.41. The quantitative estimate of drug-likeness (QED) is 0.762. The first-order valence-corrected chi connectivity index (χ1v) is 4.50. The molecule has 1 aromatic heterocycles. The second-order valence-corrected chi connectivity index (χ2v) is 3.17. The number of likely N-dealkylation sites (N-methyl/N-ethyl adjacent to an activating group) is 1. The predicted octanol–water partition coefficient (Wildman–Crippen LogP) is 2.01. The summed E-state index contributed by atoms with van der Waals surface area (Å²) in [6.07, 6.45) is 7.93. The van der Waals surface area contributed by atoms with Gasteiger partial charge in [-0.25, -0.2) is 0 Å². The number of aryl methyl sites for hydroxylation is 1. The Kier molecular flexibility index (Phi) is 3.65. The van der Waals surface area contributed by atoms with Crippen LogP contribution in [0.15, 0.2) is 24.5 Å². The molecule has 1 rings (SSSR count). The molecule has 1 atom stereocenters. The molecule has 0 saturated heterocycles. The smallest absolute Gasteiger partial charge is 0.0342 e. The normalized spacial score (nSPS) is 13.5. The number of rotatable bonds is 3. The van der Waals surface area contributed by atoms with Gasteiger partial charge in [-0.1, -0.05) is 12.2 Å². The Morgan fingerprint density at radius 2 is 2.31 bits per heavy atom. The third-order valence-corrected chi connectivity index (χ3v) is 2.10. The Morgan fingerprint density at radius 3 is 2.92 bits per heavy atom. The van der Waals surface area contributed by atoms with Crippen molar-refractivity contribution in [1.82, 2.24) is 10.3 Å². The van der Waals surface area contributed by atoms with Gasteiger partial charge >= 0.3 is 0 Å². The van der Waals surface area contributed by atoms with E-state index in [2.05, 4.69) is 36.3 Å². The Hall–Kier alpha value is -1.15. The van der Waals surface area contributed by atoms with Crippen molar-refractivity contribution in [3.8, 4) is 0 Å². The highest BCUT2D eigenvalue weighted by Crippen LogP contribution is 2.07. The molecular formula is C11H16N2. The minimum absolute atomic E-state index is 0.402. The molecule has 0 fully saturated rings. The maximum Gasteiger partial charge on any atom is 0.0342 e. The van der Waals surface area contributed by atoms with Gasteiger partial charge in [0, 0.05) is 18.4 Å². The first-order chi connectivity index (χ1) is 6.24. The lowest BCUT2D eigenvalue weighted by molar-refractivity contribution is 0.731. The molecule has 0 aromatic carbocycles. The highest BCUT2D eigenvalue weighted by atomic mass is 14.8. The van der Waals surface area contributed by atoms with E-state index < -0.39 is 0 Å². The summed E-state index contributed by atoms with van der Waals surface area (Å²) >= 11 is 0. The van der Waals surface area contributed by atoms with E-state index in [1.807, 2.05) is 25.5 Å². The van der Waals surface area contributed by atoms with Crippen LogP contribution in [0.3, 0.4) is 0 Å². The van der Waals surface area contributed by atoms with Gasteiger partial charge in [-0.3, -0.25) is 4.98 Å². The summed E-state index contributed by atoms with van der Waals surface area (Å²) in [5.74, 6) is 0. The second kappa shape index (κ2) is 4.77. The van der Waals surface area contributed by atoms with E-state index >= 15 is 0 Å². The van der Waals surface area contributed by atoms with Gasteiger partial charge in [-0.2, -0.15) is 0 Å². The van der Waals surface area contributed by atoms with E-state index in [1.165, 1.54) is 11.1 Å². The number of nitrogens with zero attached hydrogens (tertiary/aromatic N) is 1. The van der Waals surface area contributed by atoms with Gasteiger partial charge in [-0.15, -0.1) is 0 Å². The highest BCUT2D eigenvalue weighted by molar-refractivity contribution is 5.52. The molecule has 2 nitrogen and oxygen atoms in total. The zero-order valence-electron chi connectivity index (χ0n) is 8.41. The third-order valence-electron chi connectivity index (χ3n) is 2.10. The molecule has 13 heavy (non-hydrogen) atoms. The van der Waals surface area contributed by atoms with Crippen LogP contribution in [0.2, 0.25) is 0 Å². The first kappa shape index (κ1) is 9.93. The van der Waals surface area contributed by atoms with Crippen LogP contribution in [-0.4, -0.2) is 18.1 Å². The zero-order chi connectivity index (χ0) is 9.68. The van der Waals surface area contributed by atoms with Crippen LogP contribution >= 0.6 is 0 Å². The van der Waals surface area contributed by atoms with Crippen molar-refractivity contribution in [1.29, 1.82) is 0 Å². The van der Waals surface area contributed by atoms with Gasteiger partial charge in [0.1, 0.15) is 0 Å². The lowest BCUT2D eigenvalue weighted by Gasteiger charge is -2.03. The maximum absolute atomic E-state index is 4.08. The summed E-state index contributed by atoms with van der Waals surface area (Å²) in [4.78, 5) is 4.08. The molecule has 1 aromatic rings. The van der Waals surface area contributed by atoms with E-state index in [1.54, 1.807) is 0 Å². The summed E-state index contributed by atoms with van der Waals surface area (Å²) in [5, 5.41) is 3.15. The van der Waals surface area contributed by atoms with Gasteiger partial charge in [-0.05, 0) is 38.1 Å². The lowest BCUT2D eigenvalue weighted by atomic mass is 10.1. The van der Waals surface area contributed by atoms with Crippen molar-refractivity contribution < 1.29 is 0 Å². The van der Waals surface area contributed by atoms with Crippen molar-refractivity contribution in [2.45, 2.75) is 19.9 Å². The standard InChI is InChI=1S/C11H16N2/c1-9-6-7-13-8-11(9)5-4-10(2)12-3/h4-8,10,12H,1-3H3/b5-4+. The average Bonchev–Trinajstić information content (AvgIpc) is 2.16. The van der Waals surface area contributed by atoms with Gasteiger partial charge in [0.2, 0.25) is 0 Å². The molecule has 70 valence electrons.